The van der Waals surface area contributed by atoms with Crippen molar-refractivity contribution in [1.29, 1.82) is 0 Å². The first-order valence-electron chi connectivity index (χ1n) is 9.11. The number of guanidine groups is 1. The topological polar surface area (TPSA) is 91.6 Å². The number of nitrogens with zero attached hydrogens (tertiary/aromatic N) is 4. The lowest BCUT2D eigenvalue weighted by molar-refractivity contribution is -0.142. The summed E-state index contributed by atoms with van der Waals surface area (Å²) < 4.78 is 65.9. The van der Waals surface area contributed by atoms with Crippen molar-refractivity contribution in [3.8, 4) is 0 Å². The molecule has 1 fully saturated rings. The van der Waals surface area contributed by atoms with Gasteiger partial charge < -0.3 is 10.6 Å². The first-order chi connectivity index (χ1) is 13.1. The smallest absolute Gasteiger partial charge is 0.354 e. The standard InChI is InChI=1S/C16H27F3N6O2S.HI/c1-4-9-28(26,27)25-7-5-13(6-8-25)22-15(20-2)21-10-12-11-24(3)23-14(12)16(17,18)19;/h11,13H,4-10H2,1-3H3,(H2,20,21,22);1H. The van der Waals surface area contributed by atoms with Crippen molar-refractivity contribution in [1.82, 2.24) is 24.7 Å². The minimum Gasteiger partial charge on any atom is -0.354 e. The Kier molecular flexibility index (Phi) is 9.66. The van der Waals surface area contributed by atoms with Crippen molar-refractivity contribution >= 4 is 40.0 Å². The van der Waals surface area contributed by atoms with E-state index < -0.39 is 21.9 Å². The molecule has 0 unspecified atom stereocenters. The van der Waals surface area contributed by atoms with Crippen molar-refractivity contribution < 1.29 is 21.6 Å². The van der Waals surface area contributed by atoms with E-state index in [0.29, 0.717) is 38.3 Å². The Morgan fingerprint density at radius 2 is 1.97 bits per heavy atom. The zero-order valence-electron chi connectivity index (χ0n) is 16.7. The fraction of sp³-hybridized carbons (Fsp3) is 0.750. The molecule has 0 spiro atoms. The number of hydrogen-bond acceptors (Lipinski definition) is 4. The molecule has 1 aromatic heterocycles. The van der Waals surface area contributed by atoms with Gasteiger partial charge in [0.2, 0.25) is 10.0 Å². The molecular weight excluding hydrogens is 524 g/mol. The third kappa shape index (κ3) is 7.27. The molecule has 2 heterocycles. The lowest BCUT2D eigenvalue weighted by atomic mass is 10.1. The van der Waals surface area contributed by atoms with Gasteiger partial charge >= 0.3 is 6.18 Å². The minimum atomic E-state index is -4.52. The summed E-state index contributed by atoms with van der Waals surface area (Å²) in [6.45, 7) is 2.58. The van der Waals surface area contributed by atoms with Gasteiger partial charge in [-0.05, 0) is 19.3 Å². The average Bonchev–Trinajstić information content (AvgIpc) is 3.00. The van der Waals surface area contributed by atoms with Crippen LogP contribution in [0.4, 0.5) is 13.2 Å². The molecule has 8 nitrogen and oxygen atoms in total. The largest absolute Gasteiger partial charge is 0.435 e. The zero-order valence-corrected chi connectivity index (χ0v) is 19.8. The van der Waals surface area contributed by atoms with Crippen LogP contribution in [0.3, 0.4) is 0 Å². The quantitative estimate of drug-likeness (QED) is 0.320. The second-order valence-corrected chi connectivity index (χ2v) is 8.82. The maximum Gasteiger partial charge on any atom is 0.435 e. The summed E-state index contributed by atoms with van der Waals surface area (Å²) in [5.41, 5.74) is -0.897. The Morgan fingerprint density at radius 3 is 2.48 bits per heavy atom. The molecule has 1 aliphatic heterocycles. The monoisotopic (exact) mass is 552 g/mol. The van der Waals surface area contributed by atoms with Crippen LogP contribution < -0.4 is 10.6 Å². The highest BCUT2D eigenvalue weighted by Gasteiger charge is 2.37. The van der Waals surface area contributed by atoms with E-state index in [9.17, 15) is 21.6 Å². The van der Waals surface area contributed by atoms with Gasteiger partial charge in [-0.1, -0.05) is 6.92 Å². The van der Waals surface area contributed by atoms with Gasteiger partial charge in [-0.25, -0.2) is 12.7 Å². The van der Waals surface area contributed by atoms with Crippen molar-refractivity contribution in [2.75, 3.05) is 25.9 Å². The van der Waals surface area contributed by atoms with Crippen LogP contribution in [0.5, 0.6) is 0 Å². The second-order valence-electron chi connectivity index (χ2n) is 6.73. The van der Waals surface area contributed by atoms with Gasteiger partial charge in [0.15, 0.2) is 11.7 Å². The first-order valence-corrected chi connectivity index (χ1v) is 10.7. The summed E-state index contributed by atoms with van der Waals surface area (Å²) in [5.74, 6) is 0.507. The normalized spacial score (nSPS) is 17.1. The Morgan fingerprint density at radius 1 is 1.34 bits per heavy atom. The SMILES string of the molecule is CCCS(=O)(=O)N1CCC(NC(=NC)NCc2cn(C)nc2C(F)(F)F)CC1.I. The summed E-state index contributed by atoms with van der Waals surface area (Å²) in [4.78, 5) is 4.05. The number of nitrogens with one attached hydrogen (secondary N) is 2. The number of piperidine rings is 1. The highest BCUT2D eigenvalue weighted by atomic mass is 127. The molecule has 2 rings (SSSR count). The molecule has 0 amide bonds. The molecule has 1 aromatic rings. The van der Waals surface area contributed by atoms with Crippen molar-refractivity contribution in [2.24, 2.45) is 12.0 Å². The lowest BCUT2D eigenvalue weighted by Crippen LogP contribution is -2.49. The Bertz CT molecular complexity index is 789. The second kappa shape index (κ2) is 10.8. The molecule has 0 aliphatic carbocycles. The van der Waals surface area contributed by atoms with E-state index in [0.717, 1.165) is 4.68 Å². The van der Waals surface area contributed by atoms with Crippen LogP contribution in [0.2, 0.25) is 0 Å². The Balaban J connectivity index is 0.00000420. The van der Waals surface area contributed by atoms with E-state index in [1.165, 1.54) is 24.6 Å². The van der Waals surface area contributed by atoms with Crippen LogP contribution in [0.25, 0.3) is 0 Å². The fourth-order valence-electron chi connectivity index (χ4n) is 3.14. The van der Waals surface area contributed by atoms with Gasteiger partial charge in [-0.3, -0.25) is 9.67 Å². The van der Waals surface area contributed by atoms with E-state index >= 15 is 0 Å². The van der Waals surface area contributed by atoms with Gasteiger partial charge in [0.05, 0.1) is 5.75 Å². The number of rotatable bonds is 6. The van der Waals surface area contributed by atoms with Crippen LogP contribution in [-0.4, -0.2) is 60.4 Å². The molecule has 2 N–H and O–H groups in total. The number of aliphatic imine (C=N–C) groups is 1. The van der Waals surface area contributed by atoms with Crippen LogP contribution >= 0.6 is 24.0 Å². The highest BCUT2D eigenvalue weighted by molar-refractivity contribution is 14.0. The lowest BCUT2D eigenvalue weighted by Gasteiger charge is -2.32. The third-order valence-corrected chi connectivity index (χ3v) is 6.57. The third-order valence-electron chi connectivity index (χ3n) is 4.49. The number of hydrogen-bond donors (Lipinski definition) is 2. The van der Waals surface area contributed by atoms with Gasteiger partial charge in [-0.2, -0.15) is 18.3 Å². The van der Waals surface area contributed by atoms with Crippen LogP contribution in [-0.2, 0) is 29.8 Å². The molecule has 0 saturated carbocycles. The predicted molar refractivity (Wildman–Crippen MR) is 116 cm³/mol. The molecule has 13 heteroatoms. The van der Waals surface area contributed by atoms with E-state index in [-0.39, 0.29) is 47.9 Å². The number of aromatic nitrogens is 2. The average molecular weight is 552 g/mol. The molecule has 0 aromatic carbocycles. The van der Waals surface area contributed by atoms with Gasteiger partial charge in [0.25, 0.3) is 0 Å². The van der Waals surface area contributed by atoms with E-state index in [1.54, 1.807) is 0 Å². The van der Waals surface area contributed by atoms with E-state index in [2.05, 4.69) is 20.7 Å². The summed E-state index contributed by atoms with van der Waals surface area (Å²) in [7, 11) is -0.241. The molecule has 1 saturated heterocycles. The number of halogens is 4. The van der Waals surface area contributed by atoms with Crippen molar-refractivity contribution in [2.45, 2.75) is 44.9 Å². The van der Waals surface area contributed by atoms with Crippen molar-refractivity contribution in [3.05, 3.63) is 17.5 Å². The van der Waals surface area contributed by atoms with Gasteiger partial charge in [0, 0.05) is 51.5 Å². The summed E-state index contributed by atoms with van der Waals surface area (Å²) in [6.07, 6.45) is -1.42. The molecule has 0 bridgehead atoms. The summed E-state index contributed by atoms with van der Waals surface area (Å²) in [5, 5.41) is 9.50. The van der Waals surface area contributed by atoms with Crippen LogP contribution in [0.1, 0.15) is 37.4 Å². The number of alkyl halides is 3. The minimum absolute atomic E-state index is 0. The van der Waals surface area contributed by atoms with Gasteiger partial charge in [-0.15, -0.1) is 24.0 Å². The fourth-order valence-corrected chi connectivity index (χ4v) is 4.68. The highest BCUT2D eigenvalue weighted by Crippen LogP contribution is 2.30. The Hall–Kier alpha value is -1.09. The molecule has 1 aliphatic rings. The molecule has 0 radical (unpaired) electrons. The van der Waals surface area contributed by atoms with Crippen molar-refractivity contribution in [3.63, 3.8) is 0 Å². The van der Waals surface area contributed by atoms with Gasteiger partial charge in [0.1, 0.15) is 0 Å². The Labute approximate surface area is 186 Å². The van der Waals surface area contributed by atoms with E-state index in [4.69, 9.17) is 0 Å². The zero-order chi connectivity index (χ0) is 20.9. The van der Waals surface area contributed by atoms with Crippen LogP contribution in [0, 0.1) is 0 Å². The summed E-state index contributed by atoms with van der Waals surface area (Å²) >= 11 is 0. The predicted octanol–water partition coefficient (Wildman–Crippen LogP) is 1.93. The summed E-state index contributed by atoms with van der Waals surface area (Å²) in [6, 6.07) is -0.00439. The number of aryl methyl sites for hydroxylation is 1. The first kappa shape index (κ1) is 25.9. The maximum atomic E-state index is 13.0. The molecule has 29 heavy (non-hydrogen) atoms. The molecule has 0 atom stereocenters. The molecule has 168 valence electrons. The number of sulfonamides is 1. The van der Waals surface area contributed by atoms with E-state index in [1.807, 2.05) is 6.92 Å². The maximum absolute atomic E-state index is 13.0. The van der Waals surface area contributed by atoms with Crippen LogP contribution in [0.15, 0.2) is 11.2 Å². The molecular formula is C16H28F3IN6O2S.